The van der Waals surface area contributed by atoms with Crippen LogP contribution in [0.2, 0.25) is 0 Å². The van der Waals surface area contributed by atoms with Gasteiger partial charge in [-0.2, -0.15) is 0 Å². The first-order valence-electron chi connectivity index (χ1n) is 36.4. The van der Waals surface area contributed by atoms with E-state index in [2.05, 4.69) is 99.4 Å². The lowest BCUT2D eigenvalue weighted by molar-refractivity contribution is -0.145. The van der Waals surface area contributed by atoms with Crippen LogP contribution < -0.4 is 0 Å². The Kier molecular flexibility index (Phi) is 71.9. The van der Waals surface area contributed by atoms with Crippen molar-refractivity contribution in [2.24, 2.45) is 35.5 Å². The van der Waals surface area contributed by atoms with Crippen molar-refractivity contribution in [3.8, 4) is 0 Å². The standard InChI is InChI=1S/C40H64O5.C12H16O3.2C9H20.C8H16.C2H6/c1-7-13-15-17-19-21-27-43-36(10-4)29-33(31-39(42)44-28-22-20-18-16-14-8-2)30-37(11-5)45-32-35-26-23-25-34(24-9-3)40(35)38(41)12-6;1-4-11(14)7-10(6-9(3)13)8-12(15)5-2;2*1-3-5-7-9-8-6-4-2;1-8-6-4-2-3-5-7-8;1-2/h9,12,33-35,40H,3-8,13-32H2,1-2H3;4-5,10H,1-2,6-8H2,3H3;2*3-9H2,1-2H3;8H,2-7H2,1H3;1-2H3/t33?,34-,35-,40?;;;;;/m0...../s1. The molecule has 0 saturated heterocycles. The van der Waals surface area contributed by atoms with Gasteiger partial charge in [0, 0.05) is 50.4 Å². The van der Waals surface area contributed by atoms with E-state index in [4.69, 9.17) is 14.2 Å². The lowest BCUT2D eigenvalue weighted by Crippen LogP contribution is -2.36. The van der Waals surface area contributed by atoms with Gasteiger partial charge >= 0.3 is 5.97 Å². The maximum absolute atomic E-state index is 12.9. The fourth-order valence-corrected chi connectivity index (χ4v) is 11.3. The first-order chi connectivity index (χ1) is 42.6. The van der Waals surface area contributed by atoms with Crippen molar-refractivity contribution >= 4 is 29.1 Å². The topological polar surface area (TPSA) is 113 Å². The average molecular weight is 1230 g/mol. The lowest BCUT2D eigenvalue weighted by atomic mass is 9.69. The summed E-state index contributed by atoms with van der Waals surface area (Å²) in [6.07, 6.45) is 54.3. The number of ketones is 4. The SMILES string of the molecule is C=C=C(CC(CC(=O)OCCCCCCCC)CC(=C=C)OC[C@@H]1CCC[C@H](CC=C)C1C(=O)C=C)OCCCCCCCC.C=CC(=O)CC(CC(C)=O)CC(=O)C=C.CC.CC1CCCCCC1.CCCCCCCCC.CCCCCCCCC. The molecule has 2 rings (SSSR count). The van der Waals surface area contributed by atoms with Crippen LogP contribution in [0.25, 0.3) is 0 Å². The van der Waals surface area contributed by atoms with Crippen molar-refractivity contribution in [3.63, 3.8) is 0 Å². The highest BCUT2D eigenvalue weighted by Crippen LogP contribution is 2.39. The molecule has 2 fully saturated rings. The highest BCUT2D eigenvalue weighted by Gasteiger charge is 2.37. The maximum atomic E-state index is 12.9. The monoisotopic (exact) mass is 1230 g/mol. The molecule has 0 aromatic heterocycles. The molecule has 0 N–H and O–H groups in total. The number of rotatable bonds is 48. The Bertz CT molecular complexity index is 1760. The van der Waals surface area contributed by atoms with Crippen molar-refractivity contribution < 1.29 is 38.2 Å². The van der Waals surface area contributed by atoms with Gasteiger partial charge in [0.25, 0.3) is 0 Å². The van der Waals surface area contributed by atoms with Crippen molar-refractivity contribution in [3.05, 3.63) is 86.8 Å². The second-order valence-electron chi connectivity index (χ2n) is 24.9. The van der Waals surface area contributed by atoms with Gasteiger partial charge in [-0.3, -0.25) is 19.2 Å². The molecular formula is C80H142O8. The molecule has 0 bridgehead atoms. The van der Waals surface area contributed by atoms with E-state index in [-0.39, 0.29) is 84.4 Å². The van der Waals surface area contributed by atoms with Crippen LogP contribution in [-0.4, -0.2) is 48.9 Å². The zero-order valence-corrected chi connectivity index (χ0v) is 59.6. The zero-order chi connectivity index (χ0) is 66.7. The van der Waals surface area contributed by atoms with E-state index in [0.717, 1.165) is 57.3 Å². The molecule has 8 heteroatoms. The highest BCUT2D eigenvalue weighted by molar-refractivity contribution is 5.93. The van der Waals surface area contributed by atoms with Crippen LogP contribution in [0.3, 0.4) is 0 Å². The summed E-state index contributed by atoms with van der Waals surface area (Å²) in [5.74, 6) is 1.70. The van der Waals surface area contributed by atoms with Gasteiger partial charge in [0.2, 0.25) is 0 Å². The van der Waals surface area contributed by atoms with Crippen LogP contribution in [0, 0.1) is 35.5 Å². The first kappa shape index (κ1) is 90.2. The predicted molar refractivity (Wildman–Crippen MR) is 381 cm³/mol. The number of allylic oxidation sites excluding steroid dienone is 6. The van der Waals surface area contributed by atoms with Gasteiger partial charge in [0.05, 0.1) is 19.8 Å². The summed E-state index contributed by atoms with van der Waals surface area (Å²) in [7, 11) is 0. The normalized spacial score (nSPS) is 15.3. The highest BCUT2D eigenvalue weighted by atomic mass is 16.5. The molecule has 0 radical (unpaired) electrons. The largest absolute Gasteiger partial charge is 0.490 e. The number of esters is 1. The van der Waals surface area contributed by atoms with Gasteiger partial charge in [-0.1, -0.05) is 312 Å². The van der Waals surface area contributed by atoms with Gasteiger partial charge in [-0.15, -0.1) is 6.58 Å². The summed E-state index contributed by atoms with van der Waals surface area (Å²) in [6.45, 7) is 44.9. The average Bonchev–Trinajstić information content (AvgIpc) is 3.86. The van der Waals surface area contributed by atoms with E-state index in [9.17, 15) is 24.0 Å². The molecule has 2 aliphatic carbocycles. The first-order valence-corrected chi connectivity index (χ1v) is 36.4. The van der Waals surface area contributed by atoms with Crippen LogP contribution in [-0.2, 0) is 38.2 Å². The molecule has 510 valence electrons. The molecular weight excluding hydrogens is 1090 g/mol. The van der Waals surface area contributed by atoms with E-state index in [1.165, 1.54) is 205 Å². The van der Waals surface area contributed by atoms with Crippen LogP contribution in [0.1, 0.15) is 339 Å². The summed E-state index contributed by atoms with van der Waals surface area (Å²) >= 11 is 0. The Morgan fingerprint density at radius 2 is 0.818 bits per heavy atom. The summed E-state index contributed by atoms with van der Waals surface area (Å²) in [6, 6.07) is 0. The van der Waals surface area contributed by atoms with Gasteiger partial charge in [-0.05, 0) is 80.9 Å². The van der Waals surface area contributed by atoms with Gasteiger partial charge < -0.3 is 19.0 Å². The number of ether oxygens (including phenoxy) is 3. The minimum atomic E-state index is -0.224. The Labute approximate surface area is 545 Å². The minimum Gasteiger partial charge on any atom is -0.490 e. The summed E-state index contributed by atoms with van der Waals surface area (Å²) in [4.78, 5) is 58.9. The molecule has 2 saturated carbocycles. The smallest absolute Gasteiger partial charge is 0.306 e. The van der Waals surface area contributed by atoms with Crippen LogP contribution in [0.5, 0.6) is 0 Å². The number of unbranched alkanes of at least 4 members (excludes halogenated alkanes) is 22. The third-order valence-corrected chi connectivity index (χ3v) is 16.5. The number of Topliss-reactive ketones (excluding diaryl/α,β-unsaturated/α-hetero) is 1. The summed E-state index contributed by atoms with van der Waals surface area (Å²) in [5, 5.41) is 0. The fraction of sp³-hybridized carbons (Fsp3) is 0.762. The third kappa shape index (κ3) is 59.4. The van der Waals surface area contributed by atoms with E-state index in [1.54, 1.807) is 0 Å². The molecule has 8 nitrogen and oxygen atoms in total. The Hall–Kier alpha value is -4.25. The molecule has 0 amide bonds. The molecule has 0 aromatic rings. The molecule has 0 aliphatic heterocycles. The Balaban J connectivity index is -0.000000652. The molecule has 2 aliphatic rings. The predicted octanol–water partition coefficient (Wildman–Crippen LogP) is 24.2. The van der Waals surface area contributed by atoms with Gasteiger partial charge in [0.15, 0.2) is 17.3 Å². The summed E-state index contributed by atoms with van der Waals surface area (Å²) < 4.78 is 18.0. The molecule has 0 aromatic carbocycles. The quantitative estimate of drug-likeness (QED) is 0.0113. The van der Waals surface area contributed by atoms with E-state index >= 15 is 0 Å². The molecule has 0 heterocycles. The lowest BCUT2D eigenvalue weighted by Gasteiger charge is -2.36. The van der Waals surface area contributed by atoms with E-state index in [1.807, 2.05) is 19.9 Å². The van der Waals surface area contributed by atoms with Crippen LogP contribution in [0.4, 0.5) is 0 Å². The number of hydrogen-bond acceptors (Lipinski definition) is 8. The Morgan fingerprint density at radius 1 is 0.443 bits per heavy atom. The van der Waals surface area contributed by atoms with Crippen LogP contribution in [0.15, 0.2) is 86.8 Å². The van der Waals surface area contributed by atoms with E-state index < -0.39 is 0 Å². The number of hydrogen-bond donors (Lipinski definition) is 0. The van der Waals surface area contributed by atoms with Gasteiger partial charge in [-0.25, -0.2) is 0 Å². The Morgan fingerprint density at radius 3 is 1.19 bits per heavy atom. The number of carbonyl (C=O) groups excluding carboxylic acids is 5. The van der Waals surface area contributed by atoms with Crippen LogP contribution >= 0.6 is 0 Å². The molecule has 4 atom stereocenters. The van der Waals surface area contributed by atoms with Crippen molar-refractivity contribution in [1.82, 2.24) is 0 Å². The summed E-state index contributed by atoms with van der Waals surface area (Å²) in [5.41, 5.74) is 5.93. The minimum absolute atomic E-state index is 0.0197. The second-order valence-corrected chi connectivity index (χ2v) is 24.9. The van der Waals surface area contributed by atoms with Gasteiger partial charge in [0.1, 0.15) is 17.3 Å². The van der Waals surface area contributed by atoms with E-state index in [0.29, 0.717) is 44.2 Å². The fourth-order valence-electron chi connectivity index (χ4n) is 11.3. The molecule has 0 spiro atoms. The van der Waals surface area contributed by atoms with Crippen molar-refractivity contribution in [2.45, 2.75) is 339 Å². The van der Waals surface area contributed by atoms with Crippen molar-refractivity contribution in [1.29, 1.82) is 0 Å². The zero-order valence-electron chi connectivity index (χ0n) is 59.6. The maximum Gasteiger partial charge on any atom is 0.306 e. The third-order valence-electron chi connectivity index (χ3n) is 16.5. The number of carbonyl (C=O) groups is 5. The second kappa shape index (κ2) is 70.2. The molecule has 2 unspecified atom stereocenters. The molecule has 88 heavy (non-hydrogen) atoms. The van der Waals surface area contributed by atoms with Crippen molar-refractivity contribution in [2.75, 3.05) is 19.8 Å².